The molecular weight excluding hydrogens is 454 g/mol. The van der Waals surface area contributed by atoms with Gasteiger partial charge in [0.15, 0.2) is 0 Å². The minimum absolute atomic E-state index is 0.136. The fourth-order valence-corrected chi connectivity index (χ4v) is 5.81. The van der Waals surface area contributed by atoms with Gasteiger partial charge in [-0.15, -0.1) is 0 Å². The van der Waals surface area contributed by atoms with Crippen LogP contribution >= 0.6 is 0 Å². The molecule has 2 aliphatic rings. The summed E-state index contributed by atoms with van der Waals surface area (Å²) in [6.07, 6.45) is 9.54. The molecule has 2 aliphatic heterocycles. The number of nitrogens with zero attached hydrogens (tertiary/aromatic N) is 1. The first-order valence-corrected chi connectivity index (χ1v) is 14.1. The molecule has 0 aliphatic carbocycles. The van der Waals surface area contributed by atoms with Gasteiger partial charge in [0, 0.05) is 44.9 Å². The van der Waals surface area contributed by atoms with Gasteiger partial charge in [0.2, 0.25) is 0 Å². The third-order valence-corrected chi connectivity index (χ3v) is 8.15. The standard InChI is InChI=1S/C29H49N3O4/c1-21(2)22(18-26(30)27(33)20-32-23-10-8-11-24(32)13-9-12-23)19-31-29(34)25-14-4-5-15-28(25)36-17-7-6-16-35-3/h4-5,14-15,21-24,26-27,33H,6-13,16-20,30H2,1-3H3,(H,31,34)/t22-,23?,24?,26+,27+/m1/s1. The summed E-state index contributed by atoms with van der Waals surface area (Å²) in [4.78, 5) is 15.6. The molecule has 1 amide bonds. The maximum absolute atomic E-state index is 13.0. The van der Waals surface area contributed by atoms with Crippen LogP contribution in [0, 0.1) is 11.8 Å². The molecule has 1 aromatic carbocycles. The molecule has 204 valence electrons. The lowest BCUT2D eigenvalue weighted by molar-refractivity contribution is -0.00827. The lowest BCUT2D eigenvalue weighted by Crippen LogP contribution is -2.55. The number of para-hydroxylation sites is 1. The molecular formula is C29H49N3O4. The van der Waals surface area contributed by atoms with Crippen molar-refractivity contribution in [3.05, 3.63) is 29.8 Å². The molecule has 0 radical (unpaired) electrons. The number of aliphatic hydroxyl groups excluding tert-OH is 1. The van der Waals surface area contributed by atoms with Crippen LogP contribution in [0.15, 0.2) is 24.3 Å². The summed E-state index contributed by atoms with van der Waals surface area (Å²) >= 11 is 0. The maximum Gasteiger partial charge on any atom is 0.255 e. The van der Waals surface area contributed by atoms with Gasteiger partial charge in [-0.2, -0.15) is 0 Å². The number of rotatable bonds is 15. The number of fused-ring (bicyclic) bond motifs is 2. The van der Waals surface area contributed by atoms with Gasteiger partial charge >= 0.3 is 0 Å². The van der Waals surface area contributed by atoms with Crippen molar-refractivity contribution in [1.82, 2.24) is 10.2 Å². The van der Waals surface area contributed by atoms with E-state index in [-0.39, 0.29) is 17.9 Å². The first-order valence-electron chi connectivity index (χ1n) is 14.1. The molecule has 0 aromatic heterocycles. The normalized spacial score (nSPS) is 22.7. The number of hydrogen-bond acceptors (Lipinski definition) is 6. The highest BCUT2D eigenvalue weighted by molar-refractivity contribution is 5.96. The zero-order valence-electron chi connectivity index (χ0n) is 22.7. The molecule has 2 bridgehead atoms. The highest BCUT2D eigenvalue weighted by Gasteiger charge is 2.36. The lowest BCUT2D eigenvalue weighted by atomic mass is 9.83. The van der Waals surface area contributed by atoms with E-state index in [4.69, 9.17) is 15.2 Å². The number of methoxy groups -OCH3 is 1. The topological polar surface area (TPSA) is 97.0 Å². The molecule has 2 fully saturated rings. The molecule has 0 spiro atoms. The summed E-state index contributed by atoms with van der Waals surface area (Å²) in [7, 11) is 1.69. The highest BCUT2D eigenvalue weighted by Crippen LogP contribution is 2.34. The van der Waals surface area contributed by atoms with Crippen molar-refractivity contribution < 1.29 is 19.4 Å². The number of ether oxygens (including phenoxy) is 2. The zero-order valence-corrected chi connectivity index (χ0v) is 22.7. The summed E-state index contributed by atoms with van der Waals surface area (Å²) in [6, 6.07) is 8.30. The van der Waals surface area contributed by atoms with Gasteiger partial charge < -0.3 is 25.6 Å². The van der Waals surface area contributed by atoms with Gasteiger partial charge in [-0.3, -0.25) is 9.69 Å². The molecule has 0 unspecified atom stereocenters. The summed E-state index contributed by atoms with van der Waals surface area (Å²) in [5.74, 6) is 0.989. The van der Waals surface area contributed by atoms with Crippen LogP contribution in [-0.4, -0.2) is 73.6 Å². The number of benzene rings is 1. The van der Waals surface area contributed by atoms with Gasteiger partial charge in [0.1, 0.15) is 5.75 Å². The molecule has 4 N–H and O–H groups in total. The fraction of sp³-hybridized carbons (Fsp3) is 0.759. The molecule has 2 saturated heterocycles. The van der Waals surface area contributed by atoms with Crippen LogP contribution in [0.3, 0.4) is 0 Å². The first-order chi connectivity index (χ1) is 17.4. The number of amides is 1. The molecule has 3 atom stereocenters. The molecule has 7 heteroatoms. The van der Waals surface area contributed by atoms with Gasteiger partial charge in [0.05, 0.1) is 18.3 Å². The average molecular weight is 504 g/mol. The number of aliphatic hydroxyl groups is 1. The number of nitrogens with one attached hydrogen (secondary N) is 1. The molecule has 7 nitrogen and oxygen atoms in total. The van der Waals surface area contributed by atoms with Crippen molar-refractivity contribution in [1.29, 1.82) is 0 Å². The summed E-state index contributed by atoms with van der Waals surface area (Å²) in [5.41, 5.74) is 7.09. The highest BCUT2D eigenvalue weighted by atomic mass is 16.5. The Morgan fingerprint density at radius 3 is 2.39 bits per heavy atom. The minimum Gasteiger partial charge on any atom is -0.493 e. The Bertz CT molecular complexity index is 768. The van der Waals surface area contributed by atoms with E-state index in [9.17, 15) is 9.90 Å². The van der Waals surface area contributed by atoms with Crippen LogP contribution in [0.5, 0.6) is 5.75 Å². The second-order valence-electron chi connectivity index (χ2n) is 11.1. The van der Waals surface area contributed by atoms with E-state index in [0.29, 0.717) is 62.0 Å². The number of piperidine rings is 2. The second kappa shape index (κ2) is 14.9. The molecule has 1 aromatic rings. The smallest absolute Gasteiger partial charge is 0.255 e. The minimum atomic E-state index is -0.546. The van der Waals surface area contributed by atoms with Crippen molar-refractivity contribution in [3.8, 4) is 5.75 Å². The van der Waals surface area contributed by atoms with Gasteiger partial charge in [0.25, 0.3) is 5.91 Å². The van der Waals surface area contributed by atoms with Crippen LogP contribution in [0.4, 0.5) is 0 Å². The van der Waals surface area contributed by atoms with E-state index in [2.05, 4.69) is 24.1 Å². The Kier molecular flexibility index (Phi) is 12.0. The van der Waals surface area contributed by atoms with Crippen LogP contribution in [0.2, 0.25) is 0 Å². The van der Waals surface area contributed by atoms with Crippen LogP contribution in [0.25, 0.3) is 0 Å². The van der Waals surface area contributed by atoms with Crippen molar-refractivity contribution in [2.24, 2.45) is 17.6 Å². The SMILES string of the molecule is COCCCCOc1ccccc1C(=O)NC[C@@H](C[C@H](N)[C@@H](O)CN1C2CCCC1CCC2)C(C)C. The maximum atomic E-state index is 13.0. The predicted molar refractivity (Wildman–Crippen MR) is 144 cm³/mol. The van der Waals surface area contributed by atoms with E-state index in [1.165, 1.54) is 38.5 Å². The van der Waals surface area contributed by atoms with Crippen molar-refractivity contribution >= 4 is 5.91 Å². The Morgan fingerprint density at radius 1 is 1.11 bits per heavy atom. The van der Waals surface area contributed by atoms with Crippen molar-refractivity contribution in [2.75, 3.05) is 33.4 Å². The summed E-state index contributed by atoms with van der Waals surface area (Å²) in [5, 5.41) is 14.1. The number of nitrogens with two attached hydrogens (primary N) is 1. The van der Waals surface area contributed by atoms with E-state index >= 15 is 0 Å². The first kappa shape index (κ1) is 28.9. The third-order valence-electron chi connectivity index (χ3n) is 8.15. The largest absolute Gasteiger partial charge is 0.493 e. The van der Waals surface area contributed by atoms with Gasteiger partial charge in [-0.05, 0) is 68.9 Å². The Labute approximate surface area is 218 Å². The summed E-state index contributed by atoms with van der Waals surface area (Å²) < 4.78 is 11.0. The van der Waals surface area contributed by atoms with Crippen molar-refractivity contribution in [3.63, 3.8) is 0 Å². The number of carbonyl (C=O) groups excluding carboxylic acids is 1. The van der Waals surface area contributed by atoms with E-state index in [1.807, 2.05) is 18.2 Å². The lowest BCUT2D eigenvalue weighted by Gasteiger charge is -2.47. The van der Waals surface area contributed by atoms with Crippen molar-refractivity contribution in [2.45, 2.75) is 95.9 Å². The fourth-order valence-electron chi connectivity index (χ4n) is 5.81. The second-order valence-corrected chi connectivity index (χ2v) is 11.1. The average Bonchev–Trinajstić information content (AvgIpc) is 2.86. The monoisotopic (exact) mass is 503 g/mol. The zero-order chi connectivity index (χ0) is 25.9. The Hall–Kier alpha value is -1.67. The summed E-state index contributed by atoms with van der Waals surface area (Å²) in [6.45, 7) is 6.76. The predicted octanol–water partition coefficient (Wildman–Crippen LogP) is 3.98. The third kappa shape index (κ3) is 8.44. The van der Waals surface area contributed by atoms with E-state index in [1.54, 1.807) is 13.2 Å². The number of hydrogen-bond donors (Lipinski definition) is 3. The van der Waals surface area contributed by atoms with Crippen LogP contribution in [-0.2, 0) is 4.74 Å². The molecule has 36 heavy (non-hydrogen) atoms. The number of unbranched alkanes of at least 4 members (excludes halogenated alkanes) is 1. The number of carbonyl (C=O) groups is 1. The quantitative estimate of drug-likeness (QED) is 0.313. The Balaban J connectivity index is 1.50. The van der Waals surface area contributed by atoms with Gasteiger partial charge in [-0.1, -0.05) is 38.8 Å². The molecule has 2 heterocycles. The Morgan fingerprint density at radius 2 is 1.75 bits per heavy atom. The van der Waals surface area contributed by atoms with E-state index in [0.717, 1.165) is 12.8 Å². The van der Waals surface area contributed by atoms with Crippen LogP contribution in [0.1, 0.15) is 82.0 Å². The van der Waals surface area contributed by atoms with Crippen LogP contribution < -0.4 is 15.8 Å². The van der Waals surface area contributed by atoms with E-state index < -0.39 is 6.10 Å². The molecule has 0 saturated carbocycles. The van der Waals surface area contributed by atoms with Gasteiger partial charge in [-0.25, -0.2) is 0 Å². The molecule has 3 rings (SSSR count).